The number of fused-ring (bicyclic) bond motifs is 5. The number of imidazole rings is 1. The van der Waals surface area contributed by atoms with Gasteiger partial charge in [0.25, 0.3) is 0 Å². The molecule has 2 aliphatic heterocycles. The smallest absolute Gasteiger partial charge is 0.407 e. The van der Waals surface area contributed by atoms with E-state index in [-0.39, 0.29) is 30.5 Å². The third-order valence-electron chi connectivity index (χ3n) is 8.83. The van der Waals surface area contributed by atoms with E-state index in [1.54, 1.807) is 43.9 Å². The predicted octanol–water partition coefficient (Wildman–Crippen LogP) is 4.04. The first-order chi connectivity index (χ1) is 21.0. The van der Waals surface area contributed by atoms with Crippen molar-refractivity contribution in [2.75, 3.05) is 7.11 Å². The first-order valence-corrected chi connectivity index (χ1v) is 14.2. The summed E-state index contributed by atoms with van der Waals surface area (Å²) in [6, 6.07) is 3.50. The molecule has 12 nitrogen and oxygen atoms in total. The molecule has 1 fully saturated rings. The average molecular weight is 606 g/mol. The van der Waals surface area contributed by atoms with Crippen LogP contribution in [0, 0.1) is 11.8 Å². The molecule has 4 aromatic heterocycles. The summed E-state index contributed by atoms with van der Waals surface area (Å²) in [5.74, 6) is -2.37. The summed E-state index contributed by atoms with van der Waals surface area (Å²) in [4.78, 5) is 47.1. The highest BCUT2D eigenvalue weighted by Gasteiger charge is 2.41. The fourth-order valence-electron chi connectivity index (χ4n) is 6.77. The molecule has 3 aliphatic rings. The highest BCUT2D eigenvalue weighted by Crippen LogP contribution is 2.44. The summed E-state index contributed by atoms with van der Waals surface area (Å²) in [5.41, 5.74) is 2.64. The van der Waals surface area contributed by atoms with Gasteiger partial charge in [0.15, 0.2) is 0 Å². The summed E-state index contributed by atoms with van der Waals surface area (Å²) < 4.78 is 46.1. The van der Waals surface area contributed by atoms with E-state index in [2.05, 4.69) is 20.4 Å². The van der Waals surface area contributed by atoms with Crippen LogP contribution < -0.4 is 11.0 Å². The lowest BCUT2D eigenvalue weighted by Crippen LogP contribution is -2.42. The van der Waals surface area contributed by atoms with Crippen molar-refractivity contribution >= 4 is 34.1 Å². The first-order valence-electron chi connectivity index (χ1n) is 14.2. The maximum atomic E-state index is 15.8. The quantitative estimate of drug-likeness (QED) is 0.290. The Kier molecular flexibility index (Phi) is 6.34. The molecule has 4 atom stereocenters. The number of carbonyl (C=O) groups excluding carboxylic acids is 2. The van der Waals surface area contributed by atoms with Crippen molar-refractivity contribution < 1.29 is 27.8 Å². The van der Waals surface area contributed by atoms with Crippen molar-refractivity contribution in [3.05, 3.63) is 58.4 Å². The van der Waals surface area contributed by atoms with E-state index in [9.17, 15) is 14.4 Å². The number of H-pyrrole nitrogens is 1. The number of hydrogen-bond donors (Lipinski definition) is 2. The van der Waals surface area contributed by atoms with Crippen molar-refractivity contribution in [3.63, 3.8) is 0 Å². The fourth-order valence-corrected chi connectivity index (χ4v) is 6.77. The number of methoxy groups -OCH3 is 1. The van der Waals surface area contributed by atoms with E-state index in [0.717, 1.165) is 0 Å². The second kappa shape index (κ2) is 10.0. The van der Waals surface area contributed by atoms with Gasteiger partial charge in [0.1, 0.15) is 17.6 Å². The maximum Gasteiger partial charge on any atom is 0.407 e. The molecule has 1 saturated carbocycles. The van der Waals surface area contributed by atoms with Gasteiger partial charge in [-0.2, -0.15) is 4.39 Å². The molecule has 1 amide bonds. The minimum absolute atomic E-state index is 0.109. The maximum absolute atomic E-state index is 15.8. The molecule has 44 heavy (non-hydrogen) atoms. The average Bonchev–Trinajstić information content (AvgIpc) is 3.70. The minimum Gasteiger partial charge on any atom is -0.460 e. The molecule has 0 spiro atoms. The largest absolute Gasteiger partial charge is 0.460 e. The van der Waals surface area contributed by atoms with Crippen molar-refractivity contribution in [1.82, 2.24) is 34.2 Å². The van der Waals surface area contributed by atoms with Crippen molar-refractivity contribution in [3.8, 4) is 22.4 Å². The number of nitrogens with one attached hydrogen (secondary N) is 2. The molecule has 6 heterocycles. The van der Waals surface area contributed by atoms with E-state index in [1.165, 1.54) is 28.6 Å². The number of aromatic amines is 1. The van der Waals surface area contributed by atoms with Gasteiger partial charge in [-0.1, -0.05) is 19.1 Å². The van der Waals surface area contributed by atoms with Crippen LogP contribution in [0.1, 0.15) is 43.7 Å². The van der Waals surface area contributed by atoms with Crippen LogP contribution in [-0.2, 0) is 28.4 Å². The van der Waals surface area contributed by atoms with Crippen LogP contribution in [0.2, 0.25) is 0 Å². The van der Waals surface area contributed by atoms with Gasteiger partial charge in [0, 0.05) is 38.3 Å². The monoisotopic (exact) mass is 605 g/mol. The Balaban J connectivity index is 1.58. The number of aryl methyl sites for hydroxylation is 2. The van der Waals surface area contributed by atoms with Gasteiger partial charge in [0.05, 0.1) is 53.4 Å². The van der Waals surface area contributed by atoms with Gasteiger partial charge in [-0.05, 0) is 29.5 Å². The van der Waals surface area contributed by atoms with Crippen molar-refractivity contribution in [2.24, 2.45) is 14.1 Å². The van der Waals surface area contributed by atoms with Gasteiger partial charge in [-0.3, -0.25) is 18.6 Å². The summed E-state index contributed by atoms with van der Waals surface area (Å²) in [5, 5.41) is 7.10. The molecule has 4 bridgehead atoms. The Hall–Kier alpha value is -5.01. The van der Waals surface area contributed by atoms with Crippen LogP contribution >= 0.6 is 0 Å². The number of carbonyl (C=O) groups is 2. The molecular formula is C30H29F2N7O5. The van der Waals surface area contributed by atoms with Crippen molar-refractivity contribution in [1.29, 1.82) is 0 Å². The van der Waals surface area contributed by atoms with Gasteiger partial charge in [0.2, 0.25) is 5.95 Å². The number of nitrogens with zero attached hydrogens (tertiary/aromatic N) is 5. The van der Waals surface area contributed by atoms with E-state index in [1.807, 2.05) is 0 Å². The first kappa shape index (κ1) is 27.8. The number of pyridine rings is 1. The Morgan fingerprint density at radius 3 is 2.70 bits per heavy atom. The van der Waals surface area contributed by atoms with Crippen molar-refractivity contribution in [2.45, 2.75) is 50.3 Å². The SMILES string of the molecule is COC(=O)N[C@H]1C[C@H]2C[C@H]1OC(=O)C[C@@H](C)c1ccc(cc1F)-c1c(-c3cn(C)nc3F)[nH]c3ncc4c(c13)n2c(=O)n4C. The Bertz CT molecular complexity index is 2060. The zero-order valence-electron chi connectivity index (χ0n) is 24.4. The topological polar surface area (TPSA) is 138 Å². The van der Waals surface area contributed by atoms with Crippen LogP contribution in [0.15, 0.2) is 35.4 Å². The van der Waals surface area contributed by atoms with Gasteiger partial charge in [-0.15, -0.1) is 5.10 Å². The van der Waals surface area contributed by atoms with Gasteiger partial charge in [-0.25, -0.2) is 19.0 Å². The molecular weight excluding hydrogens is 576 g/mol. The van der Waals surface area contributed by atoms with E-state index in [4.69, 9.17) is 9.47 Å². The normalized spacial score (nSPS) is 21.5. The van der Waals surface area contributed by atoms with Crippen LogP contribution in [0.5, 0.6) is 0 Å². The van der Waals surface area contributed by atoms with Gasteiger partial charge >= 0.3 is 17.8 Å². The van der Waals surface area contributed by atoms with E-state index in [0.29, 0.717) is 44.5 Å². The molecule has 0 unspecified atom stereocenters. The number of aromatic nitrogens is 6. The summed E-state index contributed by atoms with van der Waals surface area (Å²) in [7, 11) is 4.45. The number of ether oxygens (including phenoxy) is 2. The third kappa shape index (κ3) is 4.19. The number of esters is 1. The highest BCUT2D eigenvalue weighted by atomic mass is 19.1. The second-order valence-electron chi connectivity index (χ2n) is 11.5. The number of rotatable bonds is 2. The molecule has 2 N–H and O–H groups in total. The Morgan fingerprint density at radius 2 is 2.00 bits per heavy atom. The zero-order valence-corrected chi connectivity index (χ0v) is 24.4. The number of benzene rings is 1. The number of hydrogen-bond acceptors (Lipinski definition) is 7. The lowest BCUT2D eigenvalue weighted by Gasteiger charge is -2.21. The molecule has 0 saturated heterocycles. The molecule has 14 heteroatoms. The standard InChI is InChI=1S/C30H29F2N7O5/c1-13-7-22(40)44-21-10-15(9-19(21)34-29(41)43-4)39-26-20(38(3)30(39)42)11-33-28-24(26)23(14-5-6-16(13)18(31)8-14)25(35-28)17-12-37(2)36-27(17)32/h5-6,8,11-13,15,19,21H,7,9-10H2,1-4H3,(H,33,35)(H,34,41)/t13-,15+,19+,21-/m1/s1. The third-order valence-corrected chi connectivity index (χ3v) is 8.83. The van der Waals surface area contributed by atoms with Crippen LogP contribution in [0.4, 0.5) is 13.6 Å². The molecule has 1 aliphatic carbocycles. The Morgan fingerprint density at radius 1 is 1.20 bits per heavy atom. The second-order valence-corrected chi connectivity index (χ2v) is 11.5. The number of halogens is 2. The van der Waals surface area contributed by atoms with Crippen LogP contribution in [-0.4, -0.2) is 60.2 Å². The minimum atomic E-state index is -0.777. The number of amides is 1. The molecule has 1 aromatic carbocycles. The number of alkyl carbamates (subject to hydrolysis) is 1. The van der Waals surface area contributed by atoms with Crippen LogP contribution in [0.3, 0.4) is 0 Å². The zero-order chi connectivity index (χ0) is 31.0. The lowest BCUT2D eigenvalue weighted by molar-refractivity contribution is -0.150. The molecule has 0 radical (unpaired) electrons. The molecule has 8 rings (SSSR count). The molecule has 228 valence electrons. The van der Waals surface area contributed by atoms with E-state index >= 15 is 8.78 Å². The summed E-state index contributed by atoms with van der Waals surface area (Å²) in [6.07, 6.45) is 1.96. The molecule has 5 aromatic rings. The highest BCUT2D eigenvalue weighted by molar-refractivity contribution is 6.14. The van der Waals surface area contributed by atoms with E-state index < -0.39 is 47.9 Å². The predicted molar refractivity (Wildman–Crippen MR) is 155 cm³/mol. The summed E-state index contributed by atoms with van der Waals surface area (Å²) >= 11 is 0. The van der Waals surface area contributed by atoms with Gasteiger partial charge < -0.3 is 19.8 Å². The Labute approximate surface area is 248 Å². The van der Waals surface area contributed by atoms with Crippen LogP contribution in [0.25, 0.3) is 44.5 Å². The fraction of sp³-hybridized carbons (Fsp3) is 0.367. The summed E-state index contributed by atoms with van der Waals surface area (Å²) in [6.45, 7) is 1.73. The lowest BCUT2D eigenvalue weighted by atomic mass is 9.93.